The molecule has 0 unspecified atom stereocenters. The van der Waals surface area contributed by atoms with Crippen molar-refractivity contribution in [3.05, 3.63) is 64.7 Å². The summed E-state index contributed by atoms with van der Waals surface area (Å²) in [6.45, 7) is 1.87. The molecule has 20 heavy (non-hydrogen) atoms. The van der Waals surface area contributed by atoms with Gasteiger partial charge in [0.05, 0.1) is 16.8 Å². The number of carbonyl (C=O) groups excluding carboxylic acids is 2. The van der Waals surface area contributed by atoms with Crippen LogP contribution in [0.4, 0.5) is 5.69 Å². The van der Waals surface area contributed by atoms with Crippen molar-refractivity contribution in [2.45, 2.75) is 6.92 Å². The monoisotopic (exact) mass is 264 g/mol. The number of nitrogens with one attached hydrogen (secondary N) is 1. The Morgan fingerprint density at radius 2 is 2.00 bits per heavy atom. The van der Waals surface area contributed by atoms with E-state index in [-0.39, 0.29) is 5.56 Å². The maximum absolute atomic E-state index is 12.2. The fourth-order valence-electron chi connectivity index (χ4n) is 1.86. The van der Waals surface area contributed by atoms with Crippen molar-refractivity contribution >= 4 is 17.9 Å². The third-order valence-electron chi connectivity index (χ3n) is 2.88. The van der Waals surface area contributed by atoms with Crippen LogP contribution in [0.25, 0.3) is 0 Å². The number of aldehydes is 1. The van der Waals surface area contributed by atoms with Gasteiger partial charge < -0.3 is 5.32 Å². The fourth-order valence-corrected chi connectivity index (χ4v) is 1.86. The molecule has 4 heteroatoms. The van der Waals surface area contributed by atoms with Crippen LogP contribution < -0.4 is 5.32 Å². The molecule has 1 amide bonds. The van der Waals surface area contributed by atoms with Gasteiger partial charge in [-0.1, -0.05) is 24.3 Å². The van der Waals surface area contributed by atoms with Crippen LogP contribution >= 0.6 is 0 Å². The van der Waals surface area contributed by atoms with Crippen LogP contribution in [0, 0.1) is 18.3 Å². The van der Waals surface area contributed by atoms with Gasteiger partial charge in [0.2, 0.25) is 0 Å². The summed E-state index contributed by atoms with van der Waals surface area (Å²) in [5, 5.41) is 11.7. The highest BCUT2D eigenvalue weighted by atomic mass is 16.1. The summed E-state index contributed by atoms with van der Waals surface area (Å²) in [7, 11) is 0. The van der Waals surface area contributed by atoms with Crippen molar-refractivity contribution in [3.63, 3.8) is 0 Å². The van der Waals surface area contributed by atoms with Crippen LogP contribution in [0.3, 0.4) is 0 Å². The Morgan fingerprint density at radius 1 is 1.25 bits per heavy atom. The third kappa shape index (κ3) is 2.73. The molecule has 1 N–H and O–H groups in total. The lowest BCUT2D eigenvalue weighted by Crippen LogP contribution is -2.15. The first-order chi connectivity index (χ1) is 9.65. The van der Waals surface area contributed by atoms with Crippen LogP contribution in [-0.2, 0) is 0 Å². The van der Waals surface area contributed by atoms with Crippen molar-refractivity contribution in [1.29, 1.82) is 5.26 Å². The number of carbonyl (C=O) groups is 2. The van der Waals surface area contributed by atoms with E-state index in [9.17, 15) is 9.59 Å². The maximum atomic E-state index is 12.2. The SMILES string of the molecule is Cc1ccc(NC(=O)c2ccccc2C=O)c(C#N)c1. The molecule has 2 aromatic rings. The first-order valence-electron chi connectivity index (χ1n) is 6.02. The topological polar surface area (TPSA) is 70.0 Å². The average molecular weight is 264 g/mol. The van der Waals surface area contributed by atoms with E-state index in [2.05, 4.69) is 5.32 Å². The maximum Gasteiger partial charge on any atom is 0.256 e. The number of amides is 1. The lowest BCUT2D eigenvalue weighted by atomic mass is 10.1. The second-order valence-electron chi connectivity index (χ2n) is 4.32. The normalized spacial score (nSPS) is 9.60. The molecule has 0 bridgehead atoms. The van der Waals surface area contributed by atoms with Gasteiger partial charge in [0, 0.05) is 5.56 Å². The number of rotatable bonds is 3. The van der Waals surface area contributed by atoms with Crippen LogP contribution in [0.1, 0.15) is 31.8 Å². The number of aryl methyl sites for hydroxylation is 1. The Morgan fingerprint density at radius 3 is 2.70 bits per heavy atom. The second-order valence-corrected chi connectivity index (χ2v) is 4.32. The fraction of sp³-hybridized carbons (Fsp3) is 0.0625. The van der Waals surface area contributed by atoms with Gasteiger partial charge in [0.15, 0.2) is 6.29 Å². The van der Waals surface area contributed by atoms with Crippen molar-refractivity contribution < 1.29 is 9.59 Å². The molecule has 0 heterocycles. The molecule has 4 nitrogen and oxygen atoms in total. The zero-order valence-corrected chi connectivity index (χ0v) is 10.9. The molecule has 0 radical (unpaired) electrons. The highest BCUT2D eigenvalue weighted by Gasteiger charge is 2.12. The van der Waals surface area contributed by atoms with Gasteiger partial charge in [-0.05, 0) is 30.7 Å². The van der Waals surface area contributed by atoms with E-state index in [1.807, 2.05) is 19.1 Å². The van der Waals surface area contributed by atoms with E-state index in [1.54, 1.807) is 36.4 Å². The number of hydrogen-bond acceptors (Lipinski definition) is 3. The highest BCUT2D eigenvalue weighted by molar-refractivity contribution is 6.09. The van der Waals surface area contributed by atoms with Crippen molar-refractivity contribution in [2.24, 2.45) is 0 Å². The Bertz CT molecular complexity index is 715. The van der Waals surface area contributed by atoms with Crippen LogP contribution in [0.15, 0.2) is 42.5 Å². The Labute approximate surface area is 116 Å². The van der Waals surface area contributed by atoms with Gasteiger partial charge in [-0.15, -0.1) is 0 Å². The molecule has 0 aliphatic rings. The molecule has 98 valence electrons. The van der Waals surface area contributed by atoms with E-state index < -0.39 is 5.91 Å². The first-order valence-corrected chi connectivity index (χ1v) is 6.02. The average Bonchev–Trinajstić information content (AvgIpc) is 2.48. The van der Waals surface area contributed by atoms with Gasteiger partial charge in [0.25, 0.3) is 5.91 Å². The zero-order chi connectivity index (χ0) is 14.5. The largest absolute Gasteiger partial charge is 0.321 e. The molecule has 0 atom stereocenters. The van der Waals surface area contributed by atoms with Gasteiger partial charge >= 0.3 is 0 Å². The predicted octanol–water partition coefficient (Wildman–Crippen LogP) is 2.93. The lowest BCUT2D eigenvalue weighted by Gasteiger charge is -2.09. The summed E-state index contributed by atoms with van der Waals surface area (Å²) in [5.41, 5.74) is 2.36. The molecule has 0 aliphatic carbocycles. The smallest absolute Gasteiger partial charge is 0.256 e. The summed E-state index contributed by atoms with van der Waals surface area (Å²) in [5.74, 6) is -0.409. The highest BCUT2D eigenvalue weighted by Crippen LogP contribution is 2.18. The lowest BCUT2D eigenvalue weighted by molar-refractivity contribution is 0.101. The molecule has 0 aliphatic heterocycles. The van der Waals surface area contributed by atoms with Crippen LogP contribution in [-0.4, -0.2) is 12.2 Å². The molecule has 0 saturated carbocycles. The quantitative estimate of drug-likeness (QED) is 0.866. The summed E-state index contributed by atoms with van der Waals surface area (Å²) in [6, 6.07) is 13.7. The molecule has 0 saturated heterocycles. The summed E-state index contributed by atoms with van der Waals surface area (Å²) < 4.78 is 0. The number of nitriles is 1. The number of benzene rings is 2. The molecule has 0 spiro atoms. The van der Waals surface area contributed by atoms with E-state index >= 15 is 0 Å². The first kappa shape index (κ1) is 13.5. The Kier molecular flexibility index (Phi) is 3.92. The van der Waals surface area contributed by atoms with Crippen LogP contribution in [0.5, 0.6) is 0 Å². The molecule has 2 rings (SSSR count). The van der Waals surface area contributed by atoms with E-state index in [4.69, 9.17) is 5.26 Å². The van der Waals surface area contributed by atoms with Gasteiger partial charge in [-0.2, -0.15) is 5.26 Å². The number of anilines is 1. The van der Waals surface area contributed by atoms with E-state index in [0.717, 1.165) is 5.56 Å². The number of hydrogen-bond donors (Lipinski definition) is 1. The molecular formula is C16H12N2O2. The van der Waals surface area contributed by atoms with E-state index in [1.165, 1.54) is 0 Å². The third-order valence-corrected chi connectivity index (χ3v) is 2.88. The van der Waals surface area contributed by atoms with Gasteiger partial charge in [-0.3, -0.25) is 9.59 Å². The summed E-state index contributed by atoms with van der Waals surface area (Å²) in [6.07, 6.45) is 0.634. The van der Waals surface area contributed by atoms with Gasteiger partial charge in [0.1, 0.15) is 6.07 Å². The predicted molar refractivity (Wildman–Crippen MR) is 75.7 cm³/mol. The Hall–Kier alpha value is -2.93. The summed E-state index contributed by atoms with van der Waals surface area (Å²) in [4.78, 5) is 23.1. The van der Waals surface area contributed by atoms with Crippen molar-refractivity contribution in [2.75, 3.05) is 5.32 Å². The Balaban J connectivity index is 2.33. The molecular weight excluding hydrogens is 252 g/mol. The van der Waals surface area contributed by atoms with Crippen molar-refractivity contribution in [1.82, 2.24) is 0 Å². The summed E-state index contributed by atoms with van der Waals surface area (Å²) >= 11 is 0. The minimum Gasteiger partial charge on any atom is -0.321 e. The zero-order valence-electron chi connectivity index (χ0n) is 10.9. The standard InChI is InChI=1S/C16H12N2O2/c1-11-6-7-15(13(8-11)9-17)18-16(20)14-5-3-2-4-12(14)10-19/h2-8,10H,1H3,(H,18,20). The van der Waals surface area contributed by atoms with Crippen LogP contribution in [0.2, 0.25) is 0 Å². The molecule has 0 aromatic heterocycles. The minimum atomic E-state index is -0.409. The van der Waals surface area contributed by atoms with Crippen molar-refractivity contribution in [3.8, 4) is 6.07 Å². The second kappa shape index (κ2) is 5.81. The molecule has 2 aromatic carbocycles. The molecule has 0 fully saturated rings. The van der Waals surface area contributed by atoms with Gasteiger partial charge in [-0.25, -0.2) is 0 Å². The minimum absolute atomic E-state index is 0.284. The number of nitrogens with zero attached hydrogens (tertiary/aromatic N) is 1. The van der Waals surface area contributed by atoms with E-state index in [0.29, 0.717) is 23.1 Å².